The summed E-state index contributed by atoms with van der Waals surface area (Å²) in [4.78, 5) is 0. The van der Waals surface area contributed by atoms with E-state index in [1.54, 1.807) is 29.9 Å². The molecular weight excluding hydrogens is 214 g/mol. The van der Waals surface area contributed by atoms with Gasteiger partial charge >= 0.3 is 0 Å². The van der Waals surface area contributed by atoms with Crippen LogP contribution >= 0.6 is 11.6 Å². The Bertz CT molecular complexity index is 488. The predicted molar refractivity (Wildman–Crippen MR) is 59.7 cm³/mol. The van der Waals surface area contributed by atoms with Gasteiger partial charge in [-0.3, -0.25) is 4.68 Å². The minimum atomic E-state index is 0.0978. The smallest absolute Gasteiger partial charge is 0.126 e. The quantitative estimate of drug-likeness (QED) is 0.778. The molecule has 1 aromatic carbocycles. The first-order chi connectivity index (χ1) is 7.08. The topological polar surface area (TPSA) is 64.1 Å². The lowest BCUT2D eigenvalue weighted by Gasteiger charge is -2.00. The third-order valence-electron chi connectivity index (χ3n) is 2.15. The summed E-state index contributed by atoms with van der Waals surface area (Å²) in [5, 5.41) is 14.3. The number of nitrogens with zero attached hydrogens (tertiary/aromatic N) is 2. The lowest BCUT2D eigenvalue weighted by atomic mass is 10.1. The third kappa shape index (κ3) is 1.76. The average molecular weight is 224 g/mol. The fraction of sp³-hybridized carbons (Fsp3) is 0.100. The van der Waals surface area contributed by atoms with Gasteiger partial charge in [0.1, 0.15) is 11.6 Å². The molecule has 4 nitrogen and oxygen atoms in total. The minimum absolute atomic E-state index is 0.0978. The van der Waals surface area contributed by atoms with Crippen molar-refractivity contribution in [1.82, 2.24) is 9.78 Å². The number of hydrogen-bond acceptors (Lipinski definition) is 3. The van der Waals surface area contributed by atoms with Crippen molar-refractivity contribution in [2.75, 3.05) is 5.73 Å². The summed E-state index contributed by atoms with van der Waals surface area (Å²) >= 11 is 5.73. The summed E-state index contributed by atoms with van der Waals surface area (Å²) in [5.41, 5.74) is 6.90. The van der Waals surface area contributed by atoms with E-state index in [-0.39, 0.29) is 5.75 Å². The number of aromatic hydroxyl groups is 1. The summed E-state index contributed by atoms with van der Waals surface area (Å²) < 4.78 is 1.55. The molecule has 2 rings (SSSR count). The molecule has 0 aliphatic heterocycles. The number of nitrogens with two attached hydrogens (primary N) is 1. The molecule has 0 saturated heterocycles. The van der Waals surface area contributed by atoms with Crippen molar-refractivity contribution >= 4 is 17.4 Å². The van der Waals surface area contributed by atoms with Crippen LogP contribution in [0.3, 0.4) is 0 Å². The number of aromatic nitrogens is 2. The van der Waals surface area contributed by atoms with Crippen LogP contribution in [-0.4, -0.2) is 14.9 Å². The summed E-state index contributed by atoms with van der Waals surface area (Å²) in [6.07, 6.45) is 0. The molecule has 0 amide bonds. The number of aryl methyl sites for hydroxylation is 1. The van der Waals surface area contributed by atoms with Crippen LogP contribution in [0.25, 0.3) is 11.3 Å². The van der Waals surface area contributed by atoms with Crippen LogP contribution < -0.4 is 5.73 Å². The highest BCUT2D eigenvalue weighted by molar-refractivity contribution is 6.30. The Morgan fingerprint density at radius 1 is 1.40 bits per heavy atom. The monoisotopic (exact) mass is 223 g/mol. The van der Waals surface area contributed by atoms with Gasteiger partial charge < -0.3 is 10.8 Å². The molecule has 15 heavy (non-hydrogen) atoms. The number of nitrogen functional groups attached to an aromatic ring is 1. The van der Waals surface area contributed by atoms with Gasteiger partial charge in [-0.1, -0.05) is 11.6 Å². The van der Waals surface area contributed by atoms with Crippen molar-refractivity contribution < 1.29 is 5.11 Å². The second kappa shape index (κ2) is 3.47. The highest BCUT2D eigenvalue weighted by Gasteiger charge is 2.09. The molecule has 0 bridgehead atoms. The third-order valence-corrected chi connectivity index (χ3v) is 2.39. The number of benzene rings is 1. The van der Waals surface area contributed by atoms with Crippen LogP contribution in [0.2, 0.25) is 5.02 Å². The Hall–Kier alpha value is -1.68. The number of anilines is 1. The zero-order valence-electron chi connectivity index (χ0n) is 8.11. The van der Waals surface area contributed by atoms with Gasteiger partial charge in [-0.2, -0.15) is 5.10 Å². The standard InChI is InChI=1S/C10H10ClN3O/c1-14-10(12)5-8(13-14)7-3-2-6(11)4-9(7)15/h2-5,15H,12H2,1H3. The van der Waals surface area contributed by atoms with Gasteiger partial charge in [0.25, 0.3) is 0 Å². The molecule has 1 heterocycles. The van der Waals surface area contributed by atoms with E-state index in [1.807, 2.05) is 0 Å². The molecule has 3 N–H and O–H groups in total. The van der Waals surface area contributed by atoms with Crippen LogP contribution in [0.15, 0.2) is 24.3 Å². The highest BCUT2D eigenvalue weighted by atomic mass is 35.5. The van der Waals surface area contributed by atoms with Crippen molar-refractivity contribution in [3.05, 3.63) is 29.3 Å². The molecule has 0 aliphatic rings. The van der Waals surface area contributed by atoms with Crippen LogP contribution in [0.5, 0.6) is 5.75 Å². The Labute approximate surface area is 91.9 Å². The molecule has 0 atom stereocenters. The van der Waals surface area contributed by atoms with Gasteiger partial charge in [0.2, 0.25) is 0 Å². The largest absolute Gasteiger partial charge is 0.507 e. The molecule has 5 heteroatoms. The Morgan fingerprint density at radius 2 is 2.13 bits per heavy atom. The first-order valence-electron chi connectivity index (χ1n) is 4.36. The molecule has 1 aromatic heterocycles. The van der Waals surface area contributed by atoms with Crippen LogP contribution in [0, 0.1) is 0 Å². The van der Waals surface area contributed by atoms with E-state index < -0.39 is 0 Å². The van der Waals surface area contributed by atoms with Gasteiger partial charge in [0.05, 0.1) is 5.69 Å². The summed E-state index contributed by atoms with van der Waals surface area (Å²) in [7, 11) is 1.74. The lowest BCUT2D eigenvalue weighted by Crippen LogP contribution is -1.96. The molecule has 0 saturated carbocycles. The summed E-state index contributed by atoms with van der Waals surface area (Å²) in [6.45, 7) is 0. The Kier molecular flexibility index (Phi) is 2.28. The number of phenols is 1. The first-order valence-corrected chi connectivity index (χ1v) is 4.74. The molecular formula is C10H10ClN3O. The van der Waals surface area contributed by atoms with Crippen molar-refractivity contribution in [1.29, 1.82) is 0 Å². The van der Waals surface area contributed by atoms with Crippen molar-refractivity contribution in [3.8, 4) is 17.0 Å². The number of hydrogen-bond donors (Lipinski definition) is 2. The van der Waals surface area contributed by atoms with Crippen LogP contribution in [0.4, 0.5) is 5.82 Å². The second-order valence-corrected chi connectivity index (χ2v) is 3.68. The van der Waals surface area contributed by atoms with Gasteiger partial charge in [-0.25, -0.2) is 0 Å². The van der Waals surface area contributed by atoms with E-state index in [9.17, 15) is 5.11 Å². The van der Waals surface area contributed by atoms with Gasteiger partial charge in [-0.15, -0.1) is 0 Å². The van der Waals surface area contributed by atoms with E-state index in [2.05, 4.69) is 5.10 Å². The summed E-state index contributed by atoms with van der Waals surface area (Å²) in [5.74, 6) is 0.639. The van der Waals surface area contributed by atoms with Crippen molar-refractivity contribution in [2.24, 2.45) is 7.05 Å². The fourth-order valence-electron chi connectivity index (χ4n) is 1.33. The molecule has 0 radical (unpaired) electrons. The van der Waals surface area contributed by atoms with E-state index >= 15 is 0 Å². The number of halogens is 1. The molecule has 0 spiro atoms. The van der Waals surface area contributed by atoms with Crippen molar-refractivity contribution in [2.45, 2.75) is 0 Å². The maximum Gasteiger partial charge on any atom is 0.126 e. The van der Waals surface area contributed by atoms with E-state index in [0.29, 0.717) is 22.1 Å². The van der Waals surface area contributed by atoms with Gasteiger partial charge in [0.15, 0.2) is 0 Å². The average Bonchev–Trinajstić information content (AvgIpc) is 2.46. The SMILES string of the molecule is Cn1nc(-c2ccc(Cl)cc2O)cc1N. The van der Waals surface area contributed by atoms with Gasteiger partial charge in [-0.05, 0) is 18.2 Å². The fourth-order valence-corrected chi connectivity index (χ4v) is 1.50. The van der Waals surface area contributed by atoms with E-state index in [4.69, 9.17) is 17.3 Å². The first kappa shape index (κ1) is 9.86. The van der Waals surface area contributed by atoms with Crippen LogP contribution in [0.1, 0.15) is 0 Å². The van der Waals surface area contributed by atoms with E-state index in [0.717, 1.165) is 0 Å². The van der Waals surface area contributed by atoms with Crippen LogP contribution in [-0.2, 0) is 7.05 Å². The Morgan fingerprint density at radius 3 is 2.67 bits per heavy atom. The van der Waals surface area contributed by atoms with Crippen molar-refractivity contribution in [3.63, 3.8) is 0 Å². The molecule has 78 valence electrons. The molecule has 0 fully saturated rings. The number of rotatable bonds is 1. The predicted octanol–water partition coefficient (Wildman–Crippen LogP) is 2.03. The maximum absolute atomic E-state index is 9.67. The molecule has 0 unspecified atom stereocenters. The Balaban J connectivity index is 2.54. The summed E-state index contributed by atoms with van der Waals surface area (Å²) in [6, 6.07) is 6.58. The lowest BCUT2D eigenvalue weighted by molar-refractivity contribution is 0.477. The minimum Gasteiger partial charge on any atom is -0.507 e. The molecule has 0 aliphatic carbocycles. The van der Waals surface area contributed by atoms with E-state index in [1.165, 1.54) is 6.07 Å². The highest BCUT2D eigenvalue weighted by Crippen LogP contribution is 2.31. The maximum atomic E-state index is 9.67. The molecule has 2 aromatic rings. The zero-order chi connectivity index (χ0) is 11.0. The normalized spacial score (nSPS) is 10.5. The number of phenolic OH excluding ortho intramolecular Hbond substituents is 1. The zero-order valence-corrected chi connectivity index (χ0v) is 8.86. The van der Waals surface area contributed by atoms with Gasteiger partial charge in [0, 0.05) is 23.7 Å². The second-order valence-electron chi connectivity index (χ2n) is 3.24.